The van der Waals surface area contributed by atoms with Crippen LogP contribution in [0.5, 0.6) is 0 Å². The van der Waals surface area contributed by atoms with E-state index < -0.39 is 0 Å². The van der Waals surface area contributed by atoms with Gasteiger partial charge in [0.25, 0.3) is 0 Å². The van der Waals surface area contributed by atoms with Crippen molar-refractivity contribution in [3.63, 3.8) is 0 Å². The summed E-state index contributed by atoms with van der Waals surface area (Å²) >= 11 is 0. The number of aryl methyl sites for hydroxylation is 1. The minimum atomic E-state index is -0.347. The number of aliphatic hydroxyl groups is 1. The molecular weight excluding hydrogens is 552 g/mol. The van der Waals surface area contributed by atoms with Crippen LogP contribution in [0.25, 0.3) is 11.3 Å². The Balaban J connectivity index is 1.03. The summed E-state index contributed by atoms with van der Waals surface area (Å²) in [4.78, 5) is 18.1. The number of likely N-dealkylation sites (tertiary alicyclic amines) is 1. The predicted molar refractivity (Wildman–Crippen MR) is 175 cm³/mol. The van der Waals surface area contributed by atoms with E-state index in [1.54, 1.807) is 0 Å². The SMILES string of the molecule is CC(CCCCNC(=O)C(c1cc(N2CCC(CN3CCC(O)CC3)CC2)no1)C(C)C)c1ccc(-c2ccnn2C)cc1. The molecular formula is C35H52N6O3. The predicted octanol–water partition coefficient (Wildman–Crippen LogP) is 5.58. The summed E-state index contributed by atoms with van der Waals surface area (Å²) in [7, 11) is 1.96. The molecule has 44 heavy (non-hydrogen) atoms. The fraction of sp³-hybridized carbons (Fsp3) is 0.629. The van der Waals surface area contributed by atoms with Crippen LogP contribution in [0.15, 0.2) is 47.1 Å². The maximum Gasteiger partial charge on any atom is 0.231 e. The molecule has 1 amide bonds. The Hall–Kier alpha value is -3.17. The van der Waals surface area contributed by atoms with Gasteiger partial charge in [0.2, 0.25) is 5.91 Å². The number of aliphatic hydroxyl groups excluding tert-OH is 1. The molecule has 9 nitrogen and oxygen atoms in total. The molecule has 0 aliphatic carbocycles. The number of nitrogens with zero attached hydrogens (tertiary/aromatic N) is 5. The van der Waals surface area contributed by atoms with E-state index in [1.165, 1.54) is 11.1 Å². The standard InChI is InChI=1S/C35H52N6O3/c1-25(2)34(32-23-33(38-44-32)41-21-13-27(14-22-41)24-40-19-15-30(42)16-20-40)35(43)36-17-6-5-7-26(3)28-8-10-29(11-9-28)31-12-18-37-39(31)4/h8-12,18,23,25-27,30,34,42H,5-7,13-17,19-22,24H2,1-4H3,(H,36,43). The molecule has 2 unspecified atom stereocenters. The van der Waals surface area contributed by atoms with Gasteiger partial charge in [0, 0.05) is 58.6 Å². The second-order valence-corrected chi connectivity index (χ2v) is 13.4. The molecule has 2 N–H and O–H groups in total. The zero-order valence-electron chi connectivity index (χ0n) is 27.1. The van der Waals surface area contributed by atoms with Crippen molar-refractivity contribution in [3.8, 4) is 11.3 Å². The van der Waals surface area contributed by atoms with E-state index in [-0.39, 0.29) is 23.8 Å². The number of amides is 1. The normalized spacial score (nSPS) is 18.5. The van der Waals surface area contributed by atoms with Crippen LogP contribution in [0.3, 0.4) is 0 Å². The molecule has 0 bridgehead atoms. The van der Waals surface area contributed by atoms with Crippen LogP contribution in [0.2, 0.25) is 0 Å². The van der Waals surface area contributed by atoms with Crippen LogP contribution in [-0.4, -0.2) is 76.2 Å². The molecule has 2 fully saturated rings. The van der Waals surface area contributed by atoms with Gasteiger partial charge in [-0.2, -0.15) is 5.10 Å². The van der Waals surface area contributed by atoms with E-state index >= 15 is 0 Å². The fourth-order valence-corrected chi connectivity index (χ4v) is 6.85. The second kappa shape index (κ2) is 15.2. The minimum Gasteiger partial charge on any atom is -0.393 e. The molecule has 1 aromatic carbocycles. The Labute approximate surface area is 263 Å². The van der Waals surface area contributed by atoms with Gasteiger partial charge in [0.1, 0.15) is 5.92 Å². The van der Waals surface area contributed by atoms with Crippen molar-refractivity contribution in [1.29, 1.82) is 0 Å². The summed E-state index contributed by atoms with van der Waals surface area (Å²) in [5, 5.41) is 21.6. The average Bonchev–Trinajstić information content (AvgIpc) is 3.68. The number of aromatic nitrogens is 3. The van der Waals surface area contributed by atoms with Crippen molar-refractivity contribution >= 4 is 11.7 Å². The van der Waals surface area contributed by atoms with Crippen molar-refractivity contribution in [2.45, 2.75) is 83.7 Å². The Bertz CT molecular complexity index is 1300. The first-order chi connectivity index (χ1) is 21.3. The summed E-state index contributed by atoms with van der Waals surface area (Å²) in [5.74, 6) is 2.44. The van der Waals surface area contributed by atoms with Crippen LogP contribution >= 0.6 is 0 Å². The highest BCUT2D eigenvalue weighted by Gasteiger charge is 2.30. The number of rotatable bonds is 13. The molecule has 9 heteroatoms. The van der Waals surface area contributed by atoms with Crippen molar-refractivity contribution in [1.82, 2.24) is 25.2 Å². The summed E-state index contributed by atoms with van der Waals surface area (Å²) in [6.07, 6.45) is 8.84. The topological polar surface area (TPSA) is 99.7 Å². The monoisotopic (exact) mass is 604 g/mol. The summed E-state index contributed by atoms with van der Waals surface area (Å²) in [6.45, 7) is 12.1. The van der Waals surface area contributed by atoms with Crippen LogP contribution in [0.4, 0.5) is 5.82 Å². The first-order valence-electron chi connectivity index (χ1n) is 16.8. The quantitative estimate of drug-likeness (QED) is 0.246. The van der Waals surface area contributed by atoms with Crippen molar-refractivity contribution in [2.75, 3.05) is 44.2 Å². The number of piperidine rings is 2. The lowest BCUT2D eigenvalue weighted by Crippen LogP contribution is -2.42. The lowest BCUT2D eigenvalue weighted by Gasteiger charge is -2.36. The number of carbonyl (C=O) groups excluding carboxylic acids is 1. The van der Waals surface area contributed by atoms with E-state index in [1.807, 2.05) is 30.1 Å². The highest BCUT2D eigenvalue weighted by Crippen LogP contribution is 2.31. The van der Waals surface area contributed by atoms with Crippen molar-refractivity contribution in [3.05, 3.63) is 53.9 Å². The Morgan fingerprint density at radius 1 is 1.02 bits per heavy atom. The number of carbonyl (C=O) groups is 1. The molecule has 5 rings (SSSR count). The van der Waals surface area contributed by atoms with Gasteiger partial charge in [0.15, 0.2) is 11.6 Å². The molecule has 2 aliphatic heterocycles. The van der Waals surface area contributed by atoms with E-state index in [9.17, 15) is 9.90 Å². The molecule has 0 radical (unpaired) electrons. The highest BCUT2D eigenvalue weighted by molar-refractivity contribution is 5.83. The van der Waals surface area contributed by atoms with Gasteiger partial charge in [-0.1, -0.05) is 56.6 Å². The highest BCUT2D eigenvalue weighted by atomic mass is 16.5. The van der Waals surface area contributed by atoms with Gasteiger partial charge >= 0.3 is 0 Å². The third kappa shape index (κ3) is 8.30. The molecule has 240 valence electrons. The van der Waals surface area contributed by atoms with Gasteiger partial charge in [-0.25, -0.2) is 0 Å². The van der Waals surface area contributed by atoms with Gasteiger partial charge in [-0.3, -0.25) is 9.48 Å². The Kier molecular flexibility index (Phi) is 11.1. The fourth-order valence-electron chi connectivity index (χ4n) is 6.85. The maximum absolute atomic E-state index is 13.3. The third-order valence-corrected chi connectivity index (χ3v) is 9.74. The molecule has 4 heterocycles. The minimum absolute atomic E-state index is 0.0202. The first kappa shape index (κ1) is 32.2. The molecule has 2 aromatic heterocycles. The summed E-state index contributed by atoms with van der Waals surface area (Å²) in [6, 6.07) is 12.8. The molecule has 2 aliphatic rings. The summed E-state index contributed by atoms with van der Waals surface area (Å²) in [5.41, 5.74) is 3.64. The Morgan fingerprint density at radius 3 is 2.41 bits per heavy atom. The van der Waals surface area contributed by atoms with Crippen LogP contribution in [0.1, 0.15) is 88.9 Å². The van der Waals surface area contributed by atoms with E-state index in [0.29, 0.717) is 24.1 Å². The molecule has 0 spiro atoms. The summed E-state index contributed by atoms with van der Waals surface area (Å²) < 4.78 is 7.67. The first-order valence-corrected chi connectivity index (χ1v) is 16.8. The van der Waals surface area contributed by atoms with Crippen molar-refractivity contribution in [2.24, 2.45) is 18.9 Å². The lowest BCUT2D eigenvalue weighted by atomic mass is 9.92. The number of nitrogens with one attached hydrogen (secondary N) is 1. The maximum atomic E-state index is 13.3. The molecule has 3 aromatic rings. The molecule has 2 saturated heterocycles. The lowest BCUT2D eigenvalue weighted by molar-refractivity contribution is -0.124. The number of unbranched alkanes of at least 4 members (excludes halogenated alkanes) is 1. The third-order valence-electron chi connectivity index (χ3n) is 9.74. The van der Waals surface area contributed by atoms with E-state index in [2.05, 4.69) is 70.4 Å². The Morgan fingerprint density at radius 2 is 1.75 bits per heavy atom. The molecule has 0 saturated carbocycles. The smallest absolute Gasteiger partial charge is 0.231 e. The zero-order valence-corrected chi connectivity index (χ0v) is 27.1. The van der Waals surface area contributed by atoms with Crippen molar-refractivity contribution < 1.29 is 14.4 Å². The van der Waals surface area contributed by atoms with Gasteiger partial charge in [-0.15, -0.1) is 0 Å². The molecule has 2 atom stereocenters. The number of anilines is 1. The van der Waals surface area contributed by atoms with E-state index in [4.69, 9.17) is 4.52 Å². The van der Waals surface area contributed by atoms with Gasteiger partial charge < -0.3 is 24.7 Å². The number of hydrogen-bond acceptors (Lipinski definition) is 7. The van der Waals surface area contributed by atoms with Gasteiger partial charge in [-0.05, 0) is 73.5 Å². The zero-order chi connectivity index (χ0) is 31.1. The number of benzene rings is 1. The van der Waals surface area contributed by atoms with Crippen LogP contribution < -0.4 is 10.2 Å². The van der Waals surface area contributed by atoms with Gasteiger partial charge in [0.05, 0.1) is 11.8 Å². The van der Waals surface area contributed by atoms with E-state index in [0.717, 1.165) is 89.2 Å². The average molecular weight is 605 g/mol. The van der Waals surface area contributed by atoms with Crippen LogP contribution in [-0.2, 0) is 11.8 Å². The largest absolute Gasteiger partial charge is 0.393 e. The number of hydrogen-bond donors (Lipinski definition) is 2. The van der Waals surface area contributed by atoms with Crippen LogP contribution in [0, 0.1) is 11.8 Å². The second-order valence-electron chi connectivity index (χ2n) is 13.4.